The number of aldehydes is 1. The van der Waals surface area contributed by atoms with Crippen molar-refractivity contribution >= 4 is 40.5 Å². The minimum atomic E-state index is -0.675. The smallest absolute Gasteiger partial charge is 0.341 e. The number of amides is 1. The lowest BCUT2D eigenvalue weighted by atomic mass is 9.95. The highest BCUT2D eigenvalue weighted by atomic mass is 32.1. The number of anilines is 1. The first-order valence-corrected chi connectivity index (χ1v) is 9.60. The summed E-state index contributed by atoms with van der Waals surface area (Å²) in [6.45, 7) is -0.489. The molecule has 2 aromatic rings. The second-order valence-electron chi connectivity index (χ2n) is 6.27. The largest absolute Gasteiger partial charge is 0.465 e. The standard InChI is InChI=1S/C20H19NO6S/c1-26-20(25)17-14-4-2-3-5-15(14)28-18(17)21-16(23)11-27-19(24)13-8-6-12(10-22)7-9-13/h6-10H,2-5,11H2,1H3,(H,21,23). The van der Waals surface area contributed by atoms with Crippen molar-refractivity contribution in [3.63, 3.8) is 0 Å². The number of hydrogen-bond donors (Lipinski definition) is 1. The number of methoxy groups -OCH3 is 1. The van der Waals surface area contributed by atoms with Gasteiger partial charge >= 0.3 is 11.9 Å². The molecule has 7 nitrogen and oxygen atoms in total. The average molecular weight is 401 g/mol. The summed E-state index contributed by atoms with van der Waals surface area (Å²) >= 11 is 1.36. The summed E-state index contributed by atoms with van der Waals surface area (Å²) in [6, 6.07) is 5.88. The first-order valence-electron chi connectivity index (χ1n) is 8.78. The Morgan fingerprint density at radius 1 is 1.11 bits per heavy atom. The highest BCUT2D eigenvalue weighted by Crippen LogP contribution is 2.38. The van der Waals surface area contributed by atoms with E-state index in [-0.39, 0.29) is 5.56 Å². The predicted molar refractivity (Wildman–Crippen MR) is 103 cm³/mol. The SMILES string of the molecule is COC(=O)c1c(NC(=O)COC(=O)c2ccc(C=O)cc2)sc2c1CCCC2. The summed E-state index contributed by atoms with van der Waals surface area (Å²) in [4.78, 5) is 48.2. The third kappa shape index (κ3) is 4.28. The van der Waals surface area contributed by atoms with E-state index in [0.717, 1.165) is 36.1 Å². The second-order valence-corrected chi connectivity index (χ2v) is 7.38. The van der Waals surface area contributed by atoms with Gasteiger partial charge in [0.05, 0.1) is 18.2 Å². The van der Waals surface area contributed by atoms with Gasteiger partial charge in [0.1, 0.15) is 11.3 Å². The van der Waals surface area contributed by atoms with Gasteiger partial charge in [0.2, 0.25) is 0 Å². The summed E-state index contributed by atoms with van der Waals surface area (Å²) < 4.78 is 9.88. The fourth-order valence-corrected chi connectivity index (χ4v) is 4.34. The molecule has 3 rings (SSSR count). The van der Waals surface area contributed by atoms with Crippen molar-refractivity contribution in [3.8, 4) is 0 Å². The normalized spacial score (nSPS) is 12.6. The molecule has 1 N–H and O–H groups in total. The van der Waals surface area contributed by atoms with Crippen LogP contribution < -0.4 is 5.32 Å². The van der Waals surface area contributed by atoms with Crippen LogP contribution in [0.5, 0.6) is 0 Å². The number of thiophene rings is 1. The highest BCUT2D eigenvalue weighted by Gasteiger charge is 2.27. The molecule has 1 aliphatic rings. The van der Waals surface area contributed by atoms with Crippen LogP contribution in [0.25, 0.3) is 0 Å². The Hall–Kier alpha value is -3.00. The lowest BCUT2D eigenvalue weighted by Gasteiger charge is -2.11. The van der Waals surface area contributed by atoms with Gasteiger partial charge in [-0.25, -0.2) is 9.59 Å². The Balaban J connectivity index is 1.66. The zero-order chi connectivity index (χ0) is 20.1. The average Bonchev–Trinajstić information content (AvgIpc) is 3.09. The number of carbonyl (C=O) groups excluding carboxylic acids is 4. The molecule has 0 radical (unpaired) electrons. The molecule has 1 amide bonds. The first-order chi connectivity index (χ1) is 13.5. The van der Waals surface area contributed by atoms with Gasteiger partial charge in [-0.15, -0.1) is 11.3 Å². The van der Waals surface area contributed by atoms with Crippen LogP contribution in [0.15, 0.2) is 24.3 Å². The Morgan fingerprint density at radius 2 is 1.82 bits per heavy atom. The second kappa shape index (κ2) is 8.79. The molecule has 0 saturated carbocycles. The van der Waals surface area contributed by atoms with Gasteiger partial charge in [-0.1, -0.05) is 12.1 Å². The van der Waals surface area contributed by atoms with Crippen LogP contribution in [0.1, 0.15) is 54.4 Å². The zero-order valence-corrected chi connectivity index (χ0v) is 16.1. The zero-order valence-electron chi connectivity index (χ0n) is 15.3. The summed E-state index contributed by atoms with van der Waals surface area (Å²) in [6.07, 6.45) is 4.34. The molecular formula is C20H19NO6S. The maximum atomic E-state index is 12.2. The molecule has 1 aliphatic carbocycles. The Labute approximate surface area is 165 Å². The summed E-state index contributed by atoms with van der Waals surface area (Å²) in [5, 5.41) is 3.09. The number of fused-ring (bicyclic) bond motifs is 1. The van der Waals surface area contributed by atoms with Crippen molar-refractivity contribution in [1.82, 2.24) is 0 Å². The number of ether oxygens (including phenoxy) is 2. The molecule has 0 bridgehead atoms. The Morgan fingerprint density at radius 3 is 2.50 bits per heavy atom. The van der Waals surface area contributed by atoms with Crippen molar-refractivity contribution in [2.45, 2.75) is 25.7 Å². The fraction of sp³-hybridized carbons (Fsp3) is 0.300. The van der Waals surface area contributed by atoms with E-state index < -0.39 is 24.5 Å². The van der Waals surface area contributed by atoms with E-state index in [9.17, 15) is 19.2 Å². The van der Waals surface area contributed by atoms with Crippen molar-refractivity contribution in [1.29, 1.82) is 0 Å². The summed E-state index contributed by atoms with van der Waals surface area (Å²) in [5.41, 5.74) is 2.00. The van der Waals surface area contributed by atoms with Crippen LogP contribution in [0, 0.1) is 0 Å². The lowest BCUT2D eigenvalue weighted by Crippen LogP contribution is -2.21. The number of nitrogens with one attached hydrogen (secondary N) is 1. The van der Waals surface area contributed by atoms with Crippen LogP contribution in [-0.4, -0.2) is 37.8 Å². The molecule has 0 unspecified atom stereocenters. The third-order valence-corrected chi connectivity index (χ3v) is 5.64. The highest BCUT2D eigenvalue weighted by molar-refractivity contribution is 7.17. The first kappa shape index (κ1) is 19.8. The van der Waals surface area contributed by atoms with E-state index in [4.69, 9.17) is 9.47 Å². The quantitative estimate of drug-likeness (QED) is 0.590. The number of rotatable bonds is 6. The summed E-state index contributed by atoms with van der Waals surface area (Å²) in [7, 11) is 1.30. The van der Waals surface area contributed by atoms with Gasteiger partial charge in [0.15, 0.2) is 6.61 Å². The van der Waals surface area contributed by atoms with Gasteiger partial charge in [0.25, 0.3) is 5.91 Å². The maximum absolute atomic E-state index is 12.2. The van der Waals surface area contributed by atoms with Gasteiger partial charge in [0, 0.05) is 10.4 Å². The molecule has 146 valence electrons. The minimum Gasteiger partial charge on any atom is -0.465 e. The topological polar surface area (TPSA) is 98.8 Å². The molecular weight excluding hydrogens is 382 g/mol. The van der Waals surface area contributed by atoms with Gasteiger partial charge in [-0.3, -0.25) is 9.59 Å². The van der Waals surface area contributed by atoms with Crippen LogP contribution in [0.4, 0.5) is 5.00 Å². The molecule has 8 heteroatoms. The fourth-order valence-electron chi connectivity index (χ4n) is 3.05. The molecule has 0 aliphatic heterocycles. The van der Waals surface area contributed by atoms with Crippen LogP contribution in [0.3, 0.4) is 0 Å². The number of aryl methyl sites for hydroxylation is 1. The monoisotopic (exact) mass is 401 g/mol. The van der Waals surface area contributed by atoms with E-state index in [1.165, 1.54) is 42.7 Å². The van der Waals surface area contributed by atoms with Crippen LogP contribution in [-0.2, 0) is 27.1 Å². The number of benzene rings is 1. The summed E-state index contributed by atoms with van der Waals surface area (Å²) in [5.74, 6) is -1.70. The third-order valence-electron chi connectivity index (χ3n) is 4.43. The van der Waals surface area contributed by atoms with E-state index in [0.29, 0.717) is 22.4 Å². The molecule has 1 heterocycles. The molecule has 0 atom stereocenters. The molecule has 1 aromatic carbocycles. The molecule has 0 spiro atoms. The Bertz CT molecular complexity index is 916. The Kier molecular flexibility index (Phi) is 6.20. The number of esters is 2. The van der Waals surface area contributed by atoms with Gasteiger partial charge < -0.3 is 14.8 Å². The van der Waals surface area contributed by atoms with Crippen molar-refractivity contribution < 1.29 is 28.7 Å². The van der Waals surface area contributed by atoms with Crippen LogP contribution in [0.2, 0.25) is 0 Å². The maximum Gasteiger partial charge on any atom is 0.341 e. The van der Waals surface area contributed by atoms with E-state index >= 15 is 0 Å². The van der Waals surface area contributed by atoms with Crippen LogP contribution >= 0.6 is 11.3 Å². The van der Waals surface area contributed by atoms with E-state index in [1.807, 2.05) is 0 Å². The lowest BCUT2D eigenvalue weighted by molar-refractivity contribution is -0.119. The number of carbonyl (C=O) groups is 4. The predicted octanol–water partition coefficient (Wildman–Crippen LogP) is 3.02. The van der Waals surface area contributed by atoms with Gasteiger partial charge in [-0.05, 0) is 43.4 Å². The minimum absolute atomic E-state index is 0.236. The van der Waals surface area contributed by atoms with Crippen molar-refractivity contribution in [2.24, 2.45) is 0 Å². The number of hydrogen-bond acceptors (Lipinski definition) is 7. The molecule has 0 saturated heterocycles. The van der Waals surface area contributed by atoms with Crippen molar-refractivity contribution in [3.05, 3.63) is 51.4 Å². The van der Waals surface area contributed by atoms with E-state index in [2.05, 4.69) is 5.32 Å². The molecule has 0 fully saturated rings. The molecule has 28 heavy (non-hydrogen) atoms. The van der Waals surface area contributed by atoms with Gasteiger partial charge in [-0.2, -0.15) is 0 Å². The van der Waals surface area contributed by atoms with E-state index in [1.54, 1.807) is 0 Å². The molecule has 1 aromatic heterocycles. The van der Waals surface area contributed by atoms with Crippen molar-refractivity contribution in [2.75, 3.05) is 19.0 Å².